The molecule has 5 nitrogen and oxygen atoms in total. The van der Waals surface area contributed by atoms with Crippen molar-refractivity contribution in [2.45, 2.75) is 13.5 Å². The number of benzene rings is 1. The zero-order chi connectivity index (χ0) is 13.5. The van der Waals surface area contributed by atoms with Crippen LogP contribution in [0.25, 0.3) is 15.9 Å². The molecule has 3 heterocycles. The second-order valence-corrected chi connectivity index (χ2v) is 5.56. The Morgan fingerprint density at radius 2 is 2.35 bits per heavy atom. The molecule has 3 aromatic heterocycles. The van der Waals surface area contributed by atoms with E-state index < -0.39 is 0 Å². The molecule has 0 unspecified atom stereocenters. The maximum atomic E-state index is 4.56. The van der Waals surface area contributed by atoms with Gasteiger partial charge in [-0.15, -0.1) is 11.3 Å². The SMILES string of the molecule is Cc1nc2sccn2c1CNc1cccc2[nH]ncc12. The van der Waals surface area contributed by atoms with Crippen molar-refractivity contribution in [2.75, 3.05) is 5.32 Å². The maximum absolute atomic E-state index is 4.56. The van der Waals surface area contributed by atoms with E-state index in [9.17, 15) is 0 Å². The van der Waals surface area contributed by atoms with Crippen LogP contribution in [-0.2, 0) is 6.54 Å². The minimum Gasteiger partial charge on any atom is -0.379 e. The predicted octanol–water partition coefficient (Wildman–Crippen LogP) is 3.19. The Bertz CT molecular complexity index is 885. The summed E-state index contributed by atoms with van der Waals surface area (Å²) < 4.78 is 2.14. The minimum atomic E-state index is 0.744. The number of rotatable bonds is 3. The lowest BCUT2D eigenvalue weighted by molar-refractivity contribution is 0.996. The fraction of sp³-hybridized carbons (Fsp3) is 0.143. The zero-order valence-corrected chi connectivity index (χ0v) is 11.7. The molecule has 0 aliphatic carbocycles. The molecule has 4 rings (SSSR count). The van der Waals surface area contributed by atoms with Crippen molar-refractivity contribution in [1.29, 1.82) is 0 Å². The summed E-state index contributed by atoms with van der Waals surface area (Å²) in [5, 5.41) is 13.7. The molecule has 0 aliphatic heterocycles. The molecule has 0 bridgehead atoms. The quantitative estimate of drug-likeness (QED) is 0.607. The average molecular weight is 283 g/mol. The smallest absolute Gasteiger partial charge is 0.194 e. The van der Waals surface area contributed by atoms with Crippen LogP contribution in [0, 0.1) is 6.92 Å². The largest absolute Gasteiger partial charge is 0.379 e. The number of nitrogens with one attached hydrogen (secondary N) is 2. The Morgan fingerprint density at radius 1 is 1.40 bits per heavy atom. The normalized spacial score (nSPS) is 11.4. The fourth-order valence-corrected chi connectivity index (χ4v) is 3.23. The van der Waals surface area contributed by atoms with Crippen molar-refractivity contribution < 1.29 is 0 Å². The molecular weight excluding hydrogens is 270 g/mol. The van der Waals surface area contributed by atoms with Gasteiger partial charge in [0.1, 0.15) is 0 Å². The molecule has 0 spiro atoms. The summed E-state index contributed by atoms with van der Waals surface area (Å²) in [6.45, 7) is 2.79. The highest BCUT2D eigenvalue weighted by Gasteiger charge is 2.10. The Morgan fingerprint density at radius 3 is 3.30 bits per heavy atom. The van der Waals surface area contributed by atoms with Crippen molar-refractivity contribution >= 4 is 32.9 Å². The van der Waals surface area contributed by atoms with Crippen LogP contribution >= 0.6 is 11.3 Å². The molecule has 0 saturated heterocycles. The number of fused-ring (bicyclic) bond motifs is 2. The lowest BCUT2D eigenvalue weighted by Gasteiger charge is -2.07. The van der Waals surface area contributed by atoms with Gasteiger partial charge in [-0.1, -0.05) is 6.07 Å². The highest BCUT2D eigenvalue weighted by Crippen LogP contribution is 2.23. The van der Waals surface area contributed by atoms with E-state index >= 15 is 0 Å². The molecule has 0 saturated carbocycles. The van der Waals surface area contributed by atoms with Crippen LogP contribution in [-0.4, -0.2) is 19.6 Å². The third-order valence-electron chi connectivity index (χ3n) is 3.49. The Balaban J connectivity index is 1.69. The van der Waals surface area contributed by atoms with Crippen LogP contribution < -0.4 is 5.32 Å². The molecule has 0 fully saturated rings. The van der Waals surface area contributed by atoms with Crippen molar-refractivity contribution in [3.63, 3.8) is 0 Å². The molecule has 0 amide bonds. The van der Waals surface area contributed by atoms with Gasteiger partial charge in [0.25, 0.3) is 0 Å². The van der Waals surface area contributed by atoms with E-state index in [1.165, 1.54) is 5.69 Å². The average Bonchev–Trinajstić information content (AvgIpc) is 3.12. The number of hydrogen-bond donors (Lipinski definition) is 2. The standard InChI is InChI=1S/C14H13N5S/c1-9-13(19-5-6-20-14(19)17-9)8-15-11-3-2-4-12-10(11)7-16-18-12/h2-7,15H,8H2,1H3,(H,16,18). The molecule has 100 valence electrons. The van der Waals surface area contributed by atoms with E-state index in [0.717, 1.165) is 33.8 Å². The van der Waals surface area contributed by atoms with Crippen molar-refractivity contribution in [2.24, 2.45) is 0 Å². The number of nitrogens with zero attached hydrogens (tertiary/aromatic N) is 3. The highest BCUT2D eigenvalue weighted by atomic mass is 32.1. The van der Waals surface area contributed by atoms with Gasteiger partial charge in [0.05, 0.1) is 29.6 Å². The third-order valence-corrected chi connectivity index (χ3v) is 4.25. The first-order valence-electron chi connectivity index (χ1n) is 6.40. The number of imidazole rings is 1. The van der Waals surface area contributed by atoms with E-state index in [0.29, 0.717) is 0 Å². The topological polar surface area (TPSA) is 58.0 Å². The molecule has 20 heavy (non-hydrogen) atoms. The van der Waals surface area contributed by atoms with E-state index in [1.54, 1.807) is 11.3 Å². The monoisotopic (exact) mass is 283 g/mol. The lowest BCUT2D eigenvalue weighted by Crippen LogP contribution is -2.03. The first-order chi connectivity index (χ1) is 9.83. The second-order valence-electron chi connectivity index (χ2n) is 4.69. The van der Waals surface area contributed by atoms with E-state index in [4.69, 9.17) is 0 Å². The maximum Gasteiger partial charge on any atom is 0.194 e. The zero-order valence-electron chi connectivity index (χ0n) is 10.9. The Kier molecular flexibility index (Phi) is 2.50. The summed E-state index contributed by atoms with van der Waals surface area (Å²) in [6.07, 6.45) is 3.91. The number of aromatic nitrogens is 4. The van der Waals surface area contributed by atoms with Crippen LogP contribution in [0.4, 0.5) is 5.69 Å². The summed E-state index contributed by atoms with van der Waals surface area (Å²) in [5.41, 5.74) is 4.40. The van der Waals surface area contributed by atoms with Crippen LogP contribution in [0.1, 0.15) is 11.4 Å². The van der Waals surface area contributed by atoms with Crippen molar-refractivity contribution in [3.05, 3.63) is 47.4 Å². The Hall–Kier alpha value is -2.34. The van der Waals surface area contributed by atoms with Gasteiger partial charge in [-0.25, -0.2) is 4.98 Å². The fourth-order valence-electron chi connectivity index (χ4n) is 2.45. The predicted molar refractivity (Wildman–Crippen MR) is 81.2 cm³/mol. The molecule has 4 aromatic rings. The van der Waals surface area contributed by atoms with Crippen molar-refractivity contribution in [3.8, 4) is 0 Å². The lowest BCUT2D eigenvalue weighted by atomic mass is 10.2. The van der Waals surface area contributed by atoms with Gasteiger partial charge >= 0.3 is 0 Å². The molecule has 0 aliphatic rings. The summed E-state index contributed by atoms with van der Waals surface area (Å²) in [4.78, 5) is 5.60. The molecule has 0 radical (unpaired) electrons. The first-order valence-corrected chi connectivity index (χ1v) is 7.28. The molecule has 2 N–H and O–H groups in total. The van der Waals surface area contributed by atoms with Gasteiger partial charge in [-0.3, -0.25) is 9.50 Å². The summed E-state index contributed by atoms with van der Waals surface area (Å²) in [6, 6.07) is 6.11. The Labute approximate surface area is 119 Å². The number of aromatic amines is 1. The molecule has 1 aromatic carbocycles. The number of anilines is 1. The van der Waals surface area contributed by atoms with Gasteiger partial charge in [0, 0.05) is 22.7 Å². The van der Waals surface area contributed by atoms with Crippen LogP contribution in [0.5, 0.6) is 0 Å². The third kappa shape index (κ3) is 1.69. The summed E-state index contributed by atoms with van der Waals surface area (Å²) in [5.74, 6) is 0. The van der Waals surface area contributed by atoms with E-state index in [2.05, 4.69) is 49.5 Å². The van der Waals surface area contributed by atoms with Gasteiger partial charge in [0.15, 0.2) is 4.96 Å². The molecule has 0 atom stereocenters. The van der Waals surface area contributed by atoms with E-state index in [-0.39, 0.29) is 0 Å². The van der Waals surface area contributed by atoms with Gasteiger partial charge in [0.2, 0.25) is 0 Å². The van der Waals surface area contributed by atoms with Crippen LogP contribution in [0.2, 0.25) is 0 Å². The first kappa shape index (κ1) is 11.5. The second kappa shape index (κ2) is 4.35. The minimum absolute atomic E-state index is 0.744. The summed E-state index contributed by atoms with van der Waals surface area (Å²) in [7, 11) is 0. The van der Waals surface area contributed by atoms with Crippen LogP contribution in [0.15, 0.2) is 36.0 Å². The van der Waals surface area contributed by atoms with Crippen LogP contribution in [0.3, 0.4) is 0 Å². The van der Waals surface area contributed by atoms with E-state index in [1.807, 2.05) is 18.3 Å². The highest BCUT2D eigenvalue weighted by molar-refractivity contribution is 7.15. The van der Waals surface area contributed by atoms with Gasteiger partial charge in [-0.05, 0) is 19.1 Å². The summed E-state index contributed by atoms with van der Waals surface area (Å²) >= 11 is 1.66. The number of aryl methyl sites for hydroxylation is 1. The van der Waals surface area contributed by atoms with Gasteiger partial charge < -0.3 is 5.32 Å². The number of hydrogen-bond acceptors (Lipinski definition) is 4. The van der Waals surface area contributed by atoms with Crippen molar-refractivity contribution in [1.82, 2.24) is 19.6 Å². The molecular formula is C14H13N5S. The number of thiazole rings is 1. The number of H-pyrrole nitrogens is 1. The van der Waals surface area contributed by atoms with Gasteiger partial charge in [-0.2, -0.15) is 5.10 Å². The molecule has 6 heteroatoms.